The maximum Gasteiger partial charge on any atom is 0.351 e. The molecule has 3 rings (SSSR count). The minimum Gasteiger partial charge on any atom is -0.383 e. The minimum absolute atomic E-state index is 0.146. The van der Waals surface area contributed by atoms with Crippen LogP contribution in [-0.4, -0.2) is 54.4 Å². The molecule has 3 heterocycles. The van der Waals surface area contributed by atoms with E-state index in [9.17, 15) is 4.79 Å². The van der Waals surface area contributed by atoms with Crippen LogP contribution in [0.3, 0.4) is 0 Å². The maximum atomic E-state index is 11.9. The zero-order valence-electron chi connectivity index (χ0n) is 12.8. The normalized spacial score (nSPS) is 32.7. The van der Waals surface area contributed by atoms with E-state index in [4.69, 9.17) is 30.6 Å². The van der Waals surface area contributed by atoms with Gasteiger partial charge in [0.05, 0.1) is 24.9 Å². The van der Waals surface area contributed by atoms with Gasteiger partial charge in [0.25, 0.3) is 0 Å². The molecule has 0 bridgehead atoms. The highest BCUT2D eigenvalue weighted by Crippen LogP contribution is 2.35. The number of carbonyl (C=O) groups excluding carboxylic acids is 1. The van der Waals surface area contributed by atoms with Gasteiger partial charge in [-0.2, -0.15) is 4.98 Å². The van der Waals surface area contributed by atoms with Crippen molar-refractivity contribution in [1.82, 2.24) is 15.0 Å². The molecule has 0 radical (unpaired) electrons. The summed E-state index contributed by atoms with van der Waals surface area (Å²) in [7, 11) is 1.60. The van der Waals surface area contributed by atoms with Crippen LogP contribution in [0, 0.1) is 0 Å². The van der Waals surface area contributed by atoms with Gasteiger partial charge in [0.15, 0.2) is 0 Å². The van der Waals surface area contributed by atoms with Gasteiger partial charge < -0.3 is 24.7 Å². The number of rotatable bonds is 3. The molecule has 2 aliphatic rings. The molecule has 0 amide bonds. The van der Waals surface area contributed by atoms with Gasteiger partial charge in [0.1, 0.15) is 24.9 Å². The first-order valence-electron chi connectivity index (χ1n) is 7.03. The van der Waals surface area contributed by atoms with Gasteiger partial charge in [0, 0.05) is 19.7 Å². The number of nitrogen functional groups attached to an aromatic ring is 1. The summed E-state index contributed by atoms with van der Waals surface area (Å²) < 4.78 is 18.4. The molecule has 1 aromatic heterocycles. The number of anilines is 1. The Labute approximate surface area is 132 Å². The lowest BCUT2D eigenvalue weighted by atomic mass is 9.97. The molecule has 23 heavy (non-hydrogen) atoms. The van der Waals surface area contributed by atoms with Crippen LogP contribution in [0.1, 0.15) is 12.6 Å². The standard InChI is InChI=1S/C12H19N5O4.CH2O/c1-19-7-5-20-6-4-9(21-11(6)10(7)16-14)17-3-2-8(13)15-12(17)18;1-2/h2-3,6-7,9-11,16H,4-5,14H2,1H3,(H2,13,15,18);1H2/t6-,7?,9?,10?,11?;/m0./s1. The summed E-state index contributed by atoms with van der Waals surface area (Å²) in [6, 6.07) is 1.36. The summed E-state index contributed by atoms with van der Waals surface area (Å²) in [5.74, 6) is 5.78. The van der Waals surface area contributed by atoms with E-state index in [-0.39, 0.29) is 30.2 Å². The Morgan fingerprint density at radius 2 is 2.26 bits per heavy atom. The number of hydrogen-bond acceptors (Lipinski definition) is 9. The van der Waals surface area contributed by atoms with Crippen molar-refractivity contribution in [1.29, 1.82) is 0 Å². The summed E-state index contributed by atoms with van der Waals surface area (Å²) in [5.41, 5.74) is 7.76. The highest BCUT2D eigenvalue weighted by Gasteiger charge is 2.48. The topological polar surface area (TPSA) is 144 Å². The predicted octanol–water partition coefficient (Wildman–Crippen LogP) is -1.83. The minimum atomic E-state index is -0.452. The molecule has 5 atom stereocenters. The number of carbonyl (C=O) groups is 1. The number of nitrogens with two attached hydrogens (primary N) is 2. The molecule has 0 spiro atoms. The van der Waals surface area contributed by atoms with Gasteiger partial charge >= 0.3 is 5.69 Å². The Balaban J connectivity index is 0.000000924. The maximum absolute atomic E-state index is 11.9. The van der Waals surface area contributed by atoms with Crippen LogP contribution in [0.2, 0.25) is 0 Å². The van der Waals surface area contributed by atoms with Crippen LogP contribution in [0.25, 0.3) is 0 Å². The summed E-state index contributed by atoms with van der Waals surface area (Å²) >= 11 is 0. The Hall–Kier alpha value is -1.85. The predicted molar refractivity (Wildman–Crippen MR) is 80.2 cm³/mol. The number of hydrazine groups is 1. The van der Waals surface area contributed by atoms with Crippen molar-refractivity contribution in [3.8, 4) is 0 Å². The number of fused-ring (bicyclic) bond motifs is 1. The first-order chi connectivity index (χ1) is 11.1. The summed E-state index contributed by atoms with van der Waals surface area (Å²) in [5, 5.41) is 0. The molecule has 0 aromatic carbocycles. The first-order valence-corrected chi connectivity index (χ1v) is 7.03. The lowest BCUT2D eigenvalue weighted by Gasteiger charge is -2.37. The van der Waals surface area contributed by atoms with Gasteiger partial charge in [-0.05, 0) is 6.07 Å². The summed E-state index contributed by atoms with van der Waals surface area (Å²) in [4.78, 5) is 23.6. The van der Waals surface area contributed by atoms with Crippen LogP contribution in [0.5, 0.6) is 0 Å². The van der Waals surface area contributed by atoms with E-state index in [2.05, 4.69) is 10.4 Å². The number of nitrogens with one attached hydrogen (secondary N) is 1. The van der Waals surface area contributed by atoms with E-state index < -0.39 is 11.9 Å². The molecule has 2 fully saturated rings. The van der Waals surface area contributed by atoms with Gasteiger partial charge in [-0.15, -0.1) is 0 Å². The van der Waals surface area contributed by atoms with Crippen LogP contribution < -0.4 is 22.7 Å². The second-order valence-corrected chi connectivity index (χ2v) is 5.17. The Bertz CT molecular complexity index is 582. The lowest BCUT2D eigenvalue weighted by Crippen LogP contribution is -2.60. The lowest BCUT2D eigenvalue weighted by molar-refractivity contribution is -0.143. The first kappa shape index (κ1) is 17.5. The second-order valence-electron chi connectivity index (χ2n) is 5.17. The summed E-state index contributed by atoms with van der Waals surface area (Å²) in [6.45, 7) is 2.43. The molecule has 128 valence electrons. The highest BCUT2D eigenvalue weighted by atomic mass is 16.6. The number of aromatic nitrogens is 2. The van der Waals surface area contributed by atoms with E-state index in [1.165, 1.54) is 4.57 Å². The summed E-state index contributed by atoms with van der Waals surface area (Å²) in [6.07, 6.45) is 1.04. The van der Waals surface area contributed by atoms with E-state index in [0.29, 0.717) is 13.0 Å². The molecular weight excluding hydrogens is 306 g/mol. The van der Waals surface area contributed by atoms with Crippen molar-refractivity contribution >= 4 is 12.6 Å². The molecule has 4 unspecified atom stereocenters. The van der Waals surface area contributed by atoms with Crippen molar-refractivity contribution < 1.29 is 19.0 Å². The average molecular weight is 327 g/mol. The SMILES string of the molecule is C=O.COC1CO[C@H]2CC(n3ccc(N)nc3=O)OC2C1NN. The third kappa shape index (κ3) is 3.41. The van der Waals surface area contributed by atoms with Crippen molar-refractivity contribution in [2.75, 3.05) is 19.5 Å². The quantitative estimate of drug-likeness (QED) is 0.431. The van der Waals surface area contributed by atoms with E-state index in [0.717, 1.165) is 0 Å². The average Bonchev–Trinajstić information content (AvgIpc) is 2.99. The Kier molecular flexibility index (Phi) is 5.80. The molecule has 2 aliphatic heterocycles. The third-order valence-electron chi connectivity index (χ3n) is 4.00. The highest BCUT2D eigenvalue weighted by molar-refractivity contribution is 5.23. The van der Waals surface area contributed by atoms with Crippen LogP contribution >= 0.6 is 0 Å². The fraction of sp³-hybridized carbons (Fsp3) is 0.615. The van der Waals surface area contributed by atoms with Crippen molar-refractivity contribution in [2.24, 2.45) is 5.84 Å². The fourth-order valence-electron chi connectivity index (χ4n) is 2.91. The van der Waals surface area contributed by atoms with Crippen molar-refractivity contribution in [3.05, 3.63) is 22.7 Å². The molecule has 5 N–H and O–H groups in total. The molecule has 0 saturated carbocycles. The molecule has 10 nitrogen and oxygen atoms in total. The zero-order valence-corrected chi connectivity index (χ0v) is 12.8. The van der Waals surface area contributed by atoms with Crippen LogP contribution in [0.15, 0.2) is 17.1 Å². The molecule has 10 heteroatoms. The van der Waals surface area contributed by atoms with Gasteiger partial charge in [-0.25, -0.2) is 4.79 Å². The Morgan fingerprint density at radius 3 is 2.87 bits per heavy atom. The number of hydrogen-bond donors (Lipinski definition) is 3. The van der Waals surface area contributed by atoms with Gasteiger partial charge in [-0.3, -0.25) is 15.8 Å². The zero-order chi connectivity index (χ0) is 17.0. The Morgan fingerprint density at radius 1 is 1.52 bits per heavy atom. The van der Waals surface area contributed by atoms with E-state index in [1.54, 1.807) is 19.4 Å². The fourth-order valence-corrected chi connectivity index (χ4v) is 2.91. The number of ether oxygens (including phenoxy) is 3. The largest absolute Gasteiger partial charge is 0.383 e. The van der Waals surface area contributed by atoms with Crippen LogP contribution in [-0.2, 0) is 19.0 Å². The van der Waals surface area contributed by atoms with Gasteiger partial charge in [0.2, 0.25) is 0 Å². The van der Waals surface area contributed by atoms with E-state index >= 15 is 0 Å². The number of methoxy groups -OCH3 is 1. The molecule has 1 aromatic rings. The van der Waals surface area contributed by atoms with Crippen molar-refractivity contribution in [3.63, 3.8) is 0 Å². The molecule has 2 saturated heterocycles. The van der Waals surface area contributed by atoms with E-state index in [1.807, 2.05) is 6.79 Å². The van der Waals surface area contributed by atoms with Crippen molar-refractivity contribution in [2.45, 2.75) is 37.0 Å². The molecule has 0 aliphatic carbocycles. The second kappa shape index (κ2) is 7.62. The monoisotopic (exact) mass is 327 g/mol. The molecular formula is C13H21N5O5. The van der Waals surface area contributed by atoms with Crippen LogP contribution in [0.4, 0.5) is 5.82 Å². The smallest absolute Gasteiger partial charge is 0.351 e. The third-order valence-corrected chi connectivity index (χ3v) is 4.00. The van der Waals surface area contributed by atoms with Gasteiger partial charge in [-0.1, -0.05) is 0 Å². The number of nitrogens with zero attached hydrogens (tertiary/aromatic N) is 2.